The average Bonchev–Trinajstić information content (AvgIpc) is 2.39. The minimum atomic E-state index is -1.50. The van der Waals surface area contributed by atoms with Crippen molar-refractivity contribution in [3.63, 3.8) is 0 Å². The van der Waals surface area contributed by atoms with Gasteiger partial charge in [-0.1, -0.05) is 12.1 Å². The number of hydrogen-bond donors (Lipinski definition) is 1. The zero-order valence-electron chi connectivity index (χ0n) is 9.76. The Labute approximate surface area is 104 Å². The molecule has 0 saturated carbocycles. The summed E-state index contributed by atoms with van der Waals surface area (Å²) in [6.45, 7) is 1.49. The zero-order chi connectivity index (χ0) is 13.2. The smallest absolute Gasteiger partial charge is 0.147 e. The summed E-state index contributed by atoms with van der Waals surface area (Å²) in [6.07, 6.45) is 2.47. The van der Waals surface area contributed by atoms with Gasteiger partial charge in [0, 0.05) is 11.8 Å². The molecule has 0 aliphatic rings. The van der Waals surface area contributed by atoms with Gasteiger partial charge in [0.25, 0.3) is 0 Å². The van der Waals surface area contributed by atoms with Crippen molar-refractivity contribution < 1.29 is 9.50 Å². The molecule has 0 saturated heterocycles. The molecule has 18 heavy (non-hydrogen) atoms. The number of nitriles is 1. The number of aliphatic hydroxyl groups is 1. The lowest BCUT2D eigenvalue weighted by Crippen LogP contribution is -2.24. The van der Waals surface area contributed by atoms with E-state index in [0.717, 1.165) is 6.20 Å². The molecular formula is C14H11FN2O. The molecular weight excluding hydrogens is 231 g/mol. The average molecular weight is 242 g/mol. The van der Waals surface area contributed by atoms with Gasteiger partial charge in [-0.3, -0.25) is 4.98 Å². The van der Waals surface area contributed by atoms with E-state index in [1.165, 1.54) is 19.2 Å². The van der Waals surface area contributed by atoms with E-state index in [1.807, 2.05) is 6.07 Å². The maximum Gasteiger partial charge on any atom is 0.147 e. The van der Waals surface area contributed by atoms with Crippen LogP contribution >= 0.6 is 0 Å². The molecule has 1 atom stereocenters. The van der Waals surface area contributed by atoms with Gasteiger partial charge in [-0.2, -0.15) is 5.26 Å². The number of hydrogen-bond acceptors (Lipinski definition) is 3. The second-order valence-corrected chi connectivity index (χ2v) is 4.12. The van der Waals surface area contributed by atoms with Gasteiger partial charge >= 0.3 is 0 Å². The molecule has 0 bridgehead atoms. The van der Waals surface area contributed by atoms with Crippen molar-refractivity contribution in [3.05, 3.63) is 65.2 Å². The molecule has 1 heterocycles. The lowest BCUT2D eigenvalue weighted by molar-refractivity contribution is 0.0977. The number of pyridine rings is 1. The van der Waals surface area contributed by atoms with Crippen molar-refractivity contribution in [2.24, 2.45) is 0 Å². The first-order valence-electron chi connectivity index (χ1n) is 5.38. The van der Waals surface area contributed by atoms with E-state index in [2.05, 4.69) is 4.98 Å². The molecule has 4 heteroatoms. The van der Waals surface area contributed by atoms with Crippen molar-refractivity contribution in [1.82, 2.24) is 4.98 Å². The van der Waals surface area contributed by atoms with Gasteiger partial charge in [0.2, 0.25) is 0 Å². The van der Waals surface area contributed by atoms with Crippen LogP contribution in [0.3, 0.4) is 0 Å². The predicted molar refractivity (Wildman–Crippen MR) is 64.0 cm³/mol. The quantitative estimate of drug-likeness (QED) is 0.879. The molecule has 1 N–H and O–H groups in total. The van der Waals surface area contributed by atoms with E-state index in [1.54, 1.807) is 24.3 Å². The molecule has 0 fully saturated rings. The normalized spacial score (nSPS) is 13.7. The van der Waals surface area contributed by atoms with Crippen LogP contribution in [0.25, 0.3) is 0 Å². The van der Waals surface area contributed by atoms with Crippen LogP contribution in [0.1, 0.15) is 23.6 Å². The SMILES string of the molecule is CC(O)(c1cccc(C#N)c1)c1ccncc1F. The number of aromatic nitrogens is 1. The molecule has 2 aromatic rings. The highest BCUT2D eigenvalue weighted by molar-refractivity contribution is 5.40. The first-order valence-corrected chi connectivity index (χ1v) is 5.38. The van der Waals surface area contributed by atoms with E-state index in [-0.39, 0.29) is 5.56 Å². The van der Waals surface area contributed by atoms with Crippen LogP contribution in [-0.2, 0) is 5.60 Å². The fraction of sp³-hybridized carbons (Fsp3) is 0.143. The zero-order valence-corrected chi connectivity index (χ0v) is 9.76. The highest BCUT2D eigenvalue weighted by Crippen LogP contribution is 2.30. The number of nitrogens with zero attached hydrogens (tertiary/aromatic N) is 2. The summed E-state index contributed by atoms with van der Waals surface area (Å²) >= 11 is 0. The van der Waals surface area contributed by atoms with Crippen molar-refractivity contribution in [2.75, 3.05) is 0 Å². The number of halogens is 1. The van der Waals surface area contributed by atoms with Crippen LogP contribution in [0.15, 0.2) is 42.7 Å². The minimum absolute atomic E-state index is 0.132. The minimum Gasteiger partial charge on any atom is -0.381 e. The third-order valence-electron chi connectivity index (χ3n) is 2.85. The summed E-state index contributed by atoms with van der Waals surface area (Å²) in [4.78, 5) is 3.65. The first kappa shape index (κ1) is 12.2. The van der Waals surface area contributed by atoms with E-state index in [4.69, 9.17) is 5.26 Å². The monoisotopic (exact) mass is 242 g/mol. The summed E-state index contributed by atoms with van der Waals surface area (Å²) in [6, 6.07) is 9.89. The second kappa shape index (κ2) is 4.55. The molecule has 0 amide bonds. The Kier molecular flexibility index (Phi) is 3.09. The lowest BCUT2D eigenvalue weighted by Gasteiger charge is -2.24. The molecule has 0 radical (unpaired) electrons. The van der Waals surface area contributed by atoms with E-state index in [9.17, 15) is 9.50 Å². The Bertz CT molecular complexity index is 617. The largest absolute Gasteiger partial charge is 0.381 e. The summed E-state index contributed by atoms with van der Waals surface area (Å²) < 4.78 is 13.7. The maximum absolute atomic E-state index is 13.7. The molecule has 0 spiro atoms. The Morgan fingerprint density at radius 1 is 1.39 bits per heavy atom. The topological polar surface area (TPSA) is 56.9 Å². The van der Waals surface area contributed by atoms with Gasteiger partial charge in [0.1, 0.15) is 11.4 Å². The molecule has 1 unspecified atom stereocenters. The van der Waals surface area contributed by atoms with Gasteiger partial charge in [0.15, 0.2) is 0 Å². The van der Waals surface area contributed by atoms with Crippen LogP contribution in [0.2, 0.25) is 0 Å². The highest BCUT2D eigenvalue weighted by atomic mass is 19.1. The molecule has 2 rings (SSSR count). The molecule has 90 valence electrons. The maximum atomic E-state index is 13.7. The Hall–Kier alpha value is -2.25. The Morgan fingerprint density at radius 3 is 2.83 bits per heavy atom. The molecule has 1 aromatic carbocycles. The Morgan fingerprint density at radius 2 is 2.17 bits per heavy atom. The molecule has 1 aromatic heterocycles. The van der Waals surface area contributed by atoms with Gasteiger partial charge < -0.3 is 5.11 Å². The number of benzene rings is 1. The van der Waals surface area contributed by atoms with Crippen molar-refractivity contribution >= 4 is 0 Å². The lowest BCUT2D eigenvalue weighted by atomic mass is 9.88. The van der Waals surface area contributed by atoms with E-state index < -0.39 is 11.4 Å². The van der Waals surface area contributed by atoms with Crippen molar-refractivity contribution in [3.8, 4) is 6.07 Å². The highest BCUT2D eigenvalue weighted by Gasteiger charge is 2.28. The van der Waals surface area contributed by atoms with Gasteiger partial charge in [0.05, 0.1) is 17.8 Å². The third-order valence-corrected chi connectivity index (χ3v) is 2.85. The van der Waals surface area contributed by atoms with Gasteiger partial charge in [-0.15, -0.1) is 0 Å². The van der Waals surface area contributed by atoms with Crippen LogP contribution in [0.5, 0.6) is 0 Å². The van der Waals surface area contributed by atoms with Gasteiger partial charge in [-0.05, 0) is 30.7 Å². The predicted octanol–water partition coefficient (Wildman–Crippen LogP) is 2.35. The standard InChI is InChI=1S/C14H11FN2O/c1-14(18,12-5-6-17-9-13(12)15)11-4-2-3-10(7-11)8-16/h2-7,9,18H,1H3. The molecule has 0 aliphatic heterocycles. The first-order chi connectivity index (χ1) is 8.55. The molecule has 3 nitrogen and oxygen atoms in total. The van der Waals surface area contributed by atoms with E-state index in [0.29, 0.717) is 11.1 Å². The summed E-state index contributed by atoms with van der Waals surface area (Å²) in [7, 11) is 0. The van der Waals surface area contributed by atoms with Crippen LogP contribution in [-0.4, -0.2) is 10.1 Å². The Balaban J connectivity index is 2.55. The summed E-state index contributed by atoms with van der Waals surface area (Å²) in [5, 5.41) is 19.3. The van der Waals surface area contributed by atoms with Crippen LogP contribution in [0, 0.1) is 17.1 Å². The van der Waals surface area contributed by atoms with Crippen LogP contribution < -0.4 is 0 Å². The third kappa shape index (κ3) is 2.08. The summed E-state index contributed by atoms with van der Waals surface area (Å²) in [5.74, 6) is -0.579. The van der Waals surface area contributed by atoms with E-state index >= 15 is 0 Å². The second-order valence-electron chi connectivity index (χ2n) is 4.12. The number of rotatable bonds is 2. The van der Waals surface area contributed by atoms with Crippen LogP contribution in [0.4, 0.5) is 4.39 Å². The van der Waals surface area contributed by atoms with Crippen molar-refractivity contribution in [2.45, 2.75) is 12.5 Å². The fourth-order valence-electron chi connectivity index (χ4n) is 1.82. The molecule has 0 aliphatic carbocycles. The van der Waals surface area contributed by atoms with Gasteiger partial charge in [-0.25, -0.2) is 4.39 Å². The fourth-order valence-corrected chi connectivity index (χ4v) is 1.82. The van der Waals surface area contributed by atoms with Crippen molar-refractivity contribution in [1.29, 1.82) is 5.26 Å². The summed E-state index contributed by atoms with van der Waals surface area (Å²) in [5.41, 5.74) is -0.485.